The first-order valence-corrected chi connectivity index (χ1v) is 8.37. The lowest BCUT2D eigenvalue weighted by Gasteiger charge is -2.10. The van der Waals surface area contributed by atoms with Crippen molar-refractivity contribution in [3.8, 4) is 5.88 Å². The Bertz CT molecular complexity index is 1060. The highest BCUT2D eigenvalue weighted by Crippen LogP contribution is 2.29. The van der Waals surface area contributed by atoms with E-state index in [1.54, 1.807) is 12.1 Å². The Hall–Kier alpha value is -3.36. The molecule has 1 aromatic heterocycles. The standard InChI is InChI=1S/C19H16F3N3O3/c20-19(21,22)15-8-4-7-13(11-15)9-10-25-18(27)23-16(26)17(24-25)28-12-14-5-2-1-3-6-14/h1-8,11H,9-10,12H2,(H,23,26,27). The van der Waals surface area contributed by atoms with Gasteiger partial charge in [0.25, 0.3) is 5.88 Å². The Balaban J connectivity index is 1.74. The molecule has 2 aromatic carbocycles. The van der Waals surface area contributed by atoms with Crippen LogP contribution in [0.15, 0.2) is 64.2 Å². The molecule has 0 fully saturated rings. The van der Waals surface area contributed by atoms with Gasteiger partial charge >= 0.3 is 17.4 Å². The first-order chi connectivity index (χ1) is 13.3. The van der Waals surface area contributed by atoms with E-state index in [2.05, 4.69) is 10.1 Å². The molecule has 3 rings (SSSR count). The van der Waals surface area contributed by atoms with Crippen molar-refractivity contribution >= 4 is 0 Å². The molecule has 0 unspecified atom stereocenters. The molecule has 9 heteroatoms. The smallest absolute Gasteiger partial charge is 0.416 e. The number of rotatable bonds is 6. The molecule has 0 saturated carbocycles. The summed E-state index contributed by atoms with van der Waals surface area (Å²) >= 11 is 0. The van der Waals surface area contributed by atoms with E-state index in [4.69, 9.17) is 4.74 Å². The highest BCUT2D eigenvalue weighted by atomic mass is 19.4. The molecule has 146 valence electrons. The molecular weight excluding hydrogens is 375 g/mol. The highest BCUT2D eigenvalue weighted by Gasteiger charge is 2.30. The summed E-state index contributed by atoms with van der Waals surface area (Å²) in [5.74, 6) is -0.285. The van der Waals surface area contributed by atoms with Crippen LogP contribution in [0.25, 0.3) is 0 Å². The summed E-state index contributed by atoms with van der Waals surface area (Å²) in [6.07, 6.45) is -4.32. The van der Waals surface area contributed by atoms with E-state index in [0.717, 1.165) is 22.4 Å². The van der Waals surface area contributed by atoms with Crippen molar-refractivity contribution in [1.82, 2.24) is 14.8 Å². The predicted molar refractivity (Wildman–Crippen MR) is 95.0 cm³/mol. The van der Waals surface area contributed by atoms with Crippen LogP contribution in [-0.2, 0) is 25.7 Å². The number of hydrogen-bond acceptors (Lipinski definition) is 4. The molecule has 0 atom stereocenters. The maximum Gasteiger partial charge on any atom is 0.416 e. The first-order valence-electron chi connectivity index (χ1n) is 8.37. The lowest BCUT2D eigenvalue weighted by atomic mass is 10.1. The van der Waals surface area contributed by atoms with Crippen molar-refractivity contribution < 1.29 is 17.9 Å². The minimum atomic E-state index is -4.44. The molecule has 0 radical (unpaired) electrons. The lowest BCUT2D eigenvalue weighted by molar-refractivity contribution is -0.137. The van der Waals surface area contributed by atoms with E-state index >= 15 is 0 Å². The molecule has 1 N–H and O–H groups in total. The van der Waals surface area contributed by atoms with Gasteiger partial charge in [0, 0.05) is 0 Å². The van der Waals surface area contributed by atoms with Crippen LogP contribution < -0.4 is 16.0 Å². The van der Waals surface area contributed by atoms with Gasteiger partial charge in [-0.3, -0.25) is 9.78 Å². The molecule has 0 amide bonds. The number of nitrogens with one attached hydrogen (secondary N) is 1. The van der Waals surface area contributed by atoms with Crippen LogP contribution in [0.4, 0.5) is 13.2 Å². The van der Waals surface area contributed by atoms with Crippen molar-refractivity contribution in [3.63, 3.8) is 0 Å². The van der Waals surface area contributed by atoms with Gasteiger partial charge in [-0.2, -0.15) is 13.2 Å². The van der Waals surface area contributed by atoms with Gasteiger partial charge in [-0.25, -0.2) is 9.48 Å². The number of benzene rings is 2. The number of halogens is 3. The van der Waals surface area contributed by atoms with Crippen molar-refractivity contribution in [2.75, 3.05) is 0 Å². The molecule has 0 aliphatic heterocycles. The summed E-state index contributed by atoms with van der Waals surface area (Å²) in [5, 5.41) is 3.89. The second-order valence-electron chi connectivity index (χ2n) is 6.01. The summed E-state index contributed by atoms with van der Waals surface area (Å²) in [7, 11) is 0. The third-order valence-electron chi connectivity index (χ3n) is 3.95. The third kappa shape index (κ3) is 4.87. The highest BCUT2D eigenvalue weighted by molar-refractivity contribution is 5.25. The predicted octanol–water partition coefficient (Wildman–Crippen LogP) is 2.77. The Morgan fingerprint density at radius 2 is 1.71 bits per heavy atom. The zero-order chi connectivity index (χ0) is 20.1. The van der Waals surface area contributed by atoms with Gasteiger partial charge in [-0.1, -0.05) is 48.5 Å². The van der Waals surface area contributed by atoms with Crippen molar-refractivity contribution in [1.29, 1.82) is 0 Å². The molecule has 0 aliphatic rings. The van der Waals surface area contributed by atoms with E-state index in [1.165, 1.54) is 12.1 Å². The monoisotopic (exact) mass is 391 g/mol. The number of alkyl halides is 3. The molecule has 0 bridgehead atoms. The maximum atomic E-state index is 12.8. The van der Waals surface area contributed by atoms with Crippen LogP contribution in [0, 0.1) is 0 Å². The fourth-order valence-corrected chi connectivity index (χ4v) is 2.53. The van der Waals surface area contributed by atoms with Gasteiger partial charge in [0.15, 0.2) is 0 Å². The second-order valence-corrected chi connectivity index (χ2v) is 6.01. The normalized spacial score (nSPS) is 11.4. The number of hydrogen-bond donors (Lipinski definition) is 1. The number of H-pyrrole nitrogens is 1. The summed E-state index contributed by atoms with van der Waals surface area (Å²) in [6.45, 7) is 0.0708. The van der Waals surface area contributed by atoms with Crippen molar-refractivity contribution in [3.05, 3.63) is 92.1 Å². The molecule has 3 aromatic rings. The summed E-state index contributed by atoms with van der Waals surface area (Å²) < 4.78 is 44.7. The van der Waals surface area contributed by atoms with Gasteiger partial charge in [-0.05, 0) is 23.6 Å². The Kier molecular flexibility index (Phi) is 5.62. The zero-order valence-electron chi connectivity index (χ0n) is 14.6. The van der Waals surface area contributed by atoms with Crippen LogP contribution in [-0.4, -0.2) is 14.8 Å². The van der Waals surface area contributed by atoms with Gasteiger partial charge in [0.1, 0.15) is 6.61 Å². The van der Waals surface area contributed by atoms with Crippen LogP contribution in [0.5, 0.6) is 5.88 Å². The van der Waals surface area contributed by atoms with Crippen LogP contribution in [0.3, 0.4) is 0 Å². The van der Waals surface area contributed by atoms with Crippen molar-refractivity contribution in [2.24, 2.45) is 0 Å². The Morgan fingerprint density at radius 1 is 1.00 bits per heavy atom. The fraction of sp³-hybridized carbons (Fsp3) is 0.211. The summed E-state index contributed by atoms with van der Waals surface area (Å²) in [5.41, 5.74) is -1.09. The first kappa shape index (κ1) is 19.4. The van der Waals surface area contributed by atoms with Gasteiger partial charge in [0.2, 0.25) is 0 Å². The largest absolute Gasteiger partial charge is 0.468 e. The second kappa shape index (κ2) is 8.12. The Labute approximate surface area is 157 Å². The minimum Gasteiger partial charge on any atom is -0.468 e. The van der Waals surface area contributed by atoms with E-state index < -0.39 is 23.0 Å². The average Bonchev–Trinajstić information content (AvgIpc) is 2.67. The maximum absolute atomic E-state index is 12.8. The summed E-state index contributed by atoms with van der Waals surface area (Å²) in [6, 6.07) is 13.9. The van der Waals surface area contributed by atoms with E-state index in [-0.39, 0.29) is 25.5 Å². The van der Waals surface area contributed by atoms with Crippen molar-refractivity contribution in [2.45, 2.75) is 25.7 Å². The molecule has 0 spiro atoms. The fourth-order valence-electron chi connectivity index (χ4n) is 2.53. The SMILES string of the molecule is O=c1[nH]c(=O)n(CCc2cccc(C(F)(F)F)c2)nc1OCc1ccccc1. The third-order valence-corrected chi connectivity index (χ3v) is 3.95. The van der Waals surface area contributed by atoms with Gasteiger partial charge in [0.05, 0.1) is 12.1 Å². The molecular formula is C19H16F3N3O3. The molecule has 0 saturated heterocycles. The zero-order valence-corrected chi connectivity index (χ0v) is 14.6. The quantitative estimate of drug-likeness (QED) is 0.701. The number of aromatic nitrogens is 3. The van der Waals surface area contributed by atoms with E-state index in [1.807, 2.05) is 18.2 Å². The van der Waals surface area contributed by atoms with Crippen LogP contribution in [0.2, 0.25) is 0 Å². The van der Waals surface area contributed by atoms with Gasteiger partial charge < -0.3 is 4.74 Å². The minimum absolute atomic E-state index is 0.0153. The van der Waals surface area contributed by atoms with E-state index in [0.29, 0.717) is 5.56 Å². The average molecular weight is 391 g/mol. The lowest BCUT2D eigenvalue weighted by Crippen LogP contribution is -2.33. The summed E-state index contributed by atoms with van der Waals surface area (Å²) in [4.78, 5) is 25.9. The molecule has 1 heterocycles. The number of aromatic amines is 1. The van der Waals surface area contributed by atoms with Crippen LogP contribution in [0.1, 0.15) is 16.7 Å². The molecule has 28 heavy (non-hydrogen) atoms. The number of ether oxygens (including phenoxy) is 1. The number of nitrogens with zero attached hydrogens (tertiary/aromatic N) is 2. The number of aryl methyl sites for hydroxylation is 2. The van der Waals surface area contributed by atoms with Gasteiger partial charge in [-0.15, -0.1) is 5.10 Å². The Morgan fingerprint density at radius 3 is 2.43 bits per heavy atom. The van der Waals surface area contributed by atoms with Crippen LogP contribution >= 0.6 is 0 Å². The molecule has 6 nitrogen and oxygen atoms in total. The van der Waals surface area contributed by atoms with E-state index in [9.17, 15) is 22.8 Å². The molecule has 0 aliphatic carbocycles. The topological polar surface area (TPSA) is 77.0 Å².